The summed E-state index contributed by atoms with van der Waals surface area (Å²) in [6.45, 7) is 1.83. The number of hydrogen-bond donors (Lipinski definition) is 1. The van der Waals surface area contributed by atoms with E-state index in [0.717, 1.165) is 4.88 Å². The fourth-order valence-corrected chi connectivity index (χ4v) is 1.70. The molecule has 4 nitrogen and oxygen atoms in total. The van der Waals surface area contributed by atoms with Crippen LogP contribution in [0.2, 0.25) is 0 Å². The van der Waals surface area contributed by atoms with Crippen molar-refractivity contribution in [2.75, 3.05) is 0 Å². The minimum atomic E-state index is -1.56. The molecule has 0 radical (unpaired) electrons. The molecule has 0 amide bonds. The monoisotopic (exact) mass is 212 g/mol. The van der Waals surface area contributed by atoms with E-state index in [2.05, 4.69) is 0 Å². The number of ketones is 2. The number of carbonyl (C=O) groups is 3. The highest BCUT2D eigenvalue weighted by Crippen LogP contribution is 2.16. The zero-order valence-corrected chi connectivity index (χ0v) is 8.26. The molecule has 0 unspecified atom stereocenters. The average molecular weight is 212 g/mol. The molecule has 0 bridgehead atoms. The third-order valence-corrected chi connectivity index (χ3v) is 2.62. The van der Waals surface area contributed by atoms with Gasteiger partial charge >= 0.3 is 5.97 Å². The molecule has 0 fully saturated rings. The molecule has 1 heterocycles. The van der Waals surface area contributed by atoms with Crippen LogP contribution in [0.1, 0.15) is 21.0 Å². The van der Waals surface area contributed by atoms with Crippen molar-refractivity contribution in [2.24, 2.45) is 0 Å². The summed E-state index contributed by atoms with van der Waals surface area (Å²) in [7, 11) is 0. The predicted molar refractivity (Wildman–Crippen MR) is 50.6 cm³/mol. The minimum absolute atomic E-state index is 0.428. The van der Waals surface area contributed by atoms with E-state index in [0.29, 0.717) is 4.88 Å². The Hall–Kier alpha value is -1.49. The van der Waals surface area contributed by atoms with Gasteiger partial charge in [-0.2, -0.15) is 0 Å². The molecule has 1 N–H and O–H groups in total. The molecule has 0 aliphatic carbocycles. The smallest absolute Gasteiger partial charge is 0.372 e. The van der Waals surface area contributed by atoms with Crippen LogP contribution in [0.15, 0.2) is 12.1 Å². The van der Waals surface area contributed by atoms with Gasteiger partial charge in [0.1, 0.15) is 0 Å². The van der Waals surface area contributed by atoms with Crippen molar-refractivity contribution in [3.63, 3.8) is 0 Å². The number of aliphatic carboxylic acids is 1. The van der Waals surface area contributed by atoms with Gasteiger partial charge in [-0.25, -0.2) is 4.79 Å². The predicted octanol–water partition coefficient (Wildman–Crippen LogP) is 1.28. The largest absolute Gasteiger partial charge is 0.475 e. The van der Waals surface area contributed by atoms with Crippen molar-refractivity contribution in [2.45, 2.75) is 13.3 Å². The zero-order chi connectivity index (χ0) is 10.7. The lowest BCUT2D eigenvalue weighted by Crippen LogP contribution is -2.16. The molecule has 0 aliphatic rings. The van der Waals surface area contributed by atoms with E-state index in [1.165, 1.54) is 11.3 Å². The highest BCUT2D eigenvalue weighted by atomic mass is 32.1. The van der Waals surface area contributed by atoms with E-state index in [9.17, 15) is 14.4 Å². The quantitative estimate of drug-likeness (QED) is 0.463. The van der Waals surface area contributed by atoms with E-state index in [1.807, 2.05) is 6.92 Å². The summed E-state index contributed by atoms with van der Waals surface area (Å²) < 4.78 is 0. The lowest BCUT2D eigenvalue weighted by atomic mass is 10.2. The zero-order valence-electron chi connectivity index (χ0n) is 7.44. The number of rotatable bonds is 4. The van der Waals surface area contributed by atoms with E-state index in [-0.39, 0.29) is 0 Å². The van der Waals surface area contributed by atoms with Gasteiger partial charge in [-0.05, 0) is 19.1 Å². The standard InChI is InChI=1S/C9H8O4S/c1-5-2-3-8(14-5)6(10)4-7(11)9(12)13/h2-3H,4H2,1H3,(H,12,13). The molecule has 1 rings (SSSR count). The van der Waals surface area contributed by atoms with Gasteiger partial charge in [-0.15, -0.1) is 11.3 Å². The Balaban J connectivity index is 2.68. The van der Waals surface area contributed by atoms with Crippen LogP contribution in [-0.2, 0) is 9.59 Å². The number of carboxylic acids is 1. The molecule has 0 saturated heterocycles. The van der Waals surface area contributed by atoms with Gasteiger partial charge in [0.2, 0.25) is 5.78 Å². The number of carboxylic acid groups (broad SMARTS) is 1. The van der Waals surface area contributed by atoms with E-state index in [1.54, 1.807) is 12.1 Å². The van der Waals surface area contributed by atoms with Crippen LogP contribution in [0.4, 0.5) is 0 Å². The van der Waals surface area contributed by atoms with Crippen molar-refractivity contribution in [1.29, 1.82) is 0 Å². The third kappa shape index (κ3) is 2.50. The third-order valence-electron chi connectivity index (χ3n) is 1.57. The maximum atomic E-state index is 11.3. The lowest BCUT2D eigenvalue weighted by molar-refractivity contribution is -0.148. The highest BCUT2D eigenvalue weighted by Gasteiger charge is 2.18. The van der Waals surface area contributed by atoms with Gasteiger partial charge < -0.3 is 5.11 Å². The summed E-state index contributed by atoms with van der Waals surface area (Å²) in [4.78, 5) is 33.6. The van der Waals surface area contributed by atoms with E-state index < -0.39 is 24.0 Å². The summed E-state index contributed by atoms with van der Waals surface area (Å²) in [5, 5.41) is 8.28. The Morgan fingerprint density at radius 1 is 1.36 bits per heavy atom. The fraction of sp³-hybridized carbons (Fsp3) is 0.222. The highest BCUT2D eigenvalue weighted by molar-refractivity contribution is 7.14. The van der Waals surface area contributed by atoms with Crippen LogP contribution in [0.3, 0.4) is 0 Å². The van der Waals surface area contributed by atoms with Gasteiger partial charge in [0, 0.05) is 4.88 Å². The molecule has 14 heavy (non-hydrogen) atoms. The summed E-state index contributed by atoms with van der Waals surface area (Å²) in [5.74, 6) is -3.07. The first kappa shape index (κ1) is 10.6. The Morgan fingerprint density at radius 2 is 2.00 bits per heavy atom. The first-order valence-electron chi connectivity index (χ1n) is 3.86. The van der Waals surface area contributed by atoms with Gasteiger partial charge in [0.15, 0.2) is 5.78 Å². The van der Waals surface area contributed by atoms with Gasteiger partial charge in [-0.3, -0.25) is 9.59 Å². The number of thiophene rings is 1. The number of aryl methyl sites for hydroxylation is 1. The average Bonchev–Trinajstić information content (AvgIpc) is 2.51. The summed E-state index contributed by atoms with van der Waals surface area (Å²) >= 11 is 1.25. The second-order valence-corrected chi connectivity index (χ2v) is 4.03. The van der Waals surface area contributed by atoms with E-state index in [4.69, 9.17) is 5.11 Å². The van der Waals surface area contributed by atoms with Crippen LogP contribution in [0.25, 0.3) is 0 Å². The number of Topliss-reactive ketones (excluding diaryl/α,β-unsaturated/α-hetero) is 2. The SMILES string of the molecule is Cc1ccc(C(=O)CC(=O)C(=O)O)s1. The van der Waals surface area contributed by atoms with Crippen LogP contribution >= 0.6 is 11.3 Å². The Kier molecular flexibility index (Phi) is 3.14. The first-order valence-corrected chi connectivity index (χ1v) is 4.68. The van der Waals surface area contributed by atoms with Crippen molar-refractivity contribution < 1.29 is 19.5 Å². The van der Waals surface area contributed by atoms with Crippen LogP contribution in [-0.4, -0.2) is 22.6 Å². The normalized spacial score (nSPS) is 9.79. The molecule has 0 aromatic carbocycles. The summed E-state index contributed by atoms with van der Waals surface area (Å²) in [6, 6.07) is 3.35. The fourth-order valence-electron chi connectivity index (χ4n) is 0.893. The van der Waals surface area contributed by atoms with Gasteiger partial charge in [0.05, 0.1) is 11.3 Å². The lowest BCUT2D eigenvalue weighted by Gasteiger charge is -1.92. The molecule has 1 aromatic heterocycles. The molecular weight excluding hydrogens is 204 g/mol. The van der Waals surface area contributed by atoms with Crippen molar-refractivity contribution >= 4 is 28.9 Å². The molecule has 0 saturated carbocycles. The Labute approximate surface area is 84.2 Å². The maximum absolute atomic E-state index is 11.3. The molecule has 0 aliphatic heterocycles. The van der Waals surface area contributed by atoms with Crippen LogP contribution in [0, 0.1) is 6.92 Å². The van der Waals surface area contributed by atoms with Gasteiger partial charge in [-0.1, -0.05) is 0 Å². The van der Waals surface area contributed by atoms with Gasteiger partial charge in [0.25, 0.3) is 0 Å². The number of carbonyl (C=O) groups excluding carboxylic acids is 2. The molecule has 0 atom stereocenters. The second kappa shape index (κ2) is 4.15. The summed E-state index contributed by atoms with van der Waals surface area (Å²) in [5.41, 5.74) is 0. The minimum Gasteiger partial charge on any atom is -0.475 e. The Bertz CT molecular complexity index is 391. The molecule has 0 spiro atoms. The molecule has 1 aromatic rings. The van der Waals surface area contributed by atoms with Crippen LogP contribution < -0.4 is 0 Å². The van der Waals surface area contributed by atoms with Crippen LogP contribution in [0.5, 0.6) is 0 Å². The summed E-state index contributed by atoms with van der Waals surface area (Å²) in [6.07, 6.45) is -0.560. The molecule has 5 heteroatoms. The number of hydrogen-bond acceptors (Lipinski definition) is 4. The van der Waals surface area contributed by atoms with Crippen molar-refractivity contribution in [3.05, 3.63) is 21.9 Å². The molecular formula is C9H8O4S. The topological polar surface area (TPSA) is 71.4 Å². The first-order chi connectivity index (χ1) is 6.50. The second-order valence-electron chi connectivity index (χ2n) is 2.74. The molecule has 74 valence electrons. The maximum Gasteiger partial charge on any atom is 0.372 e. The van der Waals surface area contributed by atoms with E-state index >= 15 is 0 Å². The Morgan fingerprint density at radius 3 is 2.43 bits per heavy atom. The van der Waals surface area contributed by atoms with Crippen molar-refractivity contribution in [1.82, 2.24) is 0 Å². The van der Waals surface area contributed by atoms with Crippen molar-refractivity contribution in [3.8, 4) is 0 Å².